The monoisotopic (exact) mass is 243 g/mol. The van der Waals surface area contributed by atoms with Crippen molar-refractivity contribution >= 4 is 16.5 Å². The predicted octanol–water partition coefficient (Wildman–Crippen LogP) is 1.52. The lowest BCUT2D eigenvalue weighted by Gasteiger charge is -2.21. The minimum atomic E-state index is 0.566. The molecule has 1 aromatic rings. The van der Waals surface area contributed by atoms with Crippen LogP contribution in [0.4, 0.5) is 5.13 Å². The van der Waals surface area contributed by atoms with Gasteiger partial charge in [0.25, 0.3) is 0 Å². The van der Waals surface area contributed by atoms with Gasteiger partial charge in [-0.1, -0.05) is 11.3 Å². The van der Waals surface area contributed by atoms with Crippen molar-refractivity contribution in [2.45, 2.75) is 19.4 Å². The second kappa shape index (κ2) is 6.12. The van der Waals surface area contributed by atoms with E-state index >= 15 is 0 Å². The third kappa shape index (κ3) is 3.40. The Labute approximate surface area is 99.2 Å². The lowest BCUT2D eigenvalue weighted by atomic mass is 10.0. The first-order valence-electron chi connectivity index (χ1n) is 5.54. The van der Waals surface area contributed by atoms with Gasteiger partial charge in [0.05, 0.1) is 6.61 Å². The number of aromatic nitrogens is 2. The summed E-state index contributed by atoms with van der Waals surface area (Å²) in [6.07, 6.45) is 2.22. The topological polar surface area (TPSA) is 56.3 Å². The molecule has 16 heavy (non-hydrogen) atoms. The molecular formula is C10H17N3O2S. The Morgan fingerprint density at radius 1 is 1.44 bits per heavy atom. The first-order chi connectivity index (χ1) is 7.88. The van der Waals surface area contributed by atoms with Gasteiger partial charge in [0.15, 0.2) is 0 Å². The molecule has 1 saturated heterocycles. The fraction of sp³-hybridized carbons (Fsp3) is 0.800. The first kappa shape index (κ1) is 11.8. The fourth-order valence-corrected chi connectivity index (χ4v) is 2.27. The highest BCUT2D eigenvalue weighted by Crippen LogP contribution is 2.18. The average Bonchev–Trinajstić information content (AvgIpc) is 2.78. The molecule has 0 amide bonds. The van der Waals surface area contributed by atoms with Crippen LogP contribution in [0.3, 0.4) is 0 Å². The van der Waals surface area contributed by atoms with E-state index in [9.17, 15) is 0 Å². The lowest BCUT2D eigenvalue weighted by molar-refractivity contribution is 0.0156. The number of anilines is 1. The van der Waals surface area contributed by atoms with Crippen molar-refractivity contribution in [1.82, 2.24) is 10.2 Å². The van der Waals surface area contributed by atoms with E-state index in [0.29, 0.717) is 12.5 Å². The summed E-state index contributed by atoms with van der Waals surface area (Å²) in [5, 5.41) is 12.7. The largest absolute Gasteiger partial charge is 0.381 e. The van der Waals surface area contributed by atoms with Gasteiger partial charge < -0.3 is 14.8 Å². The average molecular weight is 243 g/mol. The standard InChI is InChI=1S/C10H17N3O2S/c1-11-10-13-12-9(16-10)7-15-6-8-2-4-14-5-3-8/h8H,2-7H2,1H3,(H,11,13). The molecule has 90 valence electrons. The molecular weight excluding hydrogens is 226 g/mol. The Morgan fingerprint density at radius 2 is 2.25 bits per heavy atom. The van der Waals surface area contributed by atoms with E-state index in [-0.39, 0.29) is 0 Å². The Kier molecular flexibility index (Phi) is 4.50. The van der Waals surface area contributed by atoms with Crippen LogP contribution >= 0.6 is 11.3 Å². The summed E-state index contributed by atoms with van der Waals surface area (Å²) in [6.45, 7) is 3.11. The predicted molar refractivity (Wildman–Crippen MR) is 62.7 cm³/mol. The number of nitrogens with zero attached hydrogens (tertiary/aromatic N) is 2. The molecule has 1 aliphatic rings. The third-order valence-corrected chi connectivity index (χ3v) is 3.51. The summed E-state index contributed by atoms with van der Waals surface area (Å²) in [5.41, 5.74) is 0. The maximum Gasteiger partial charge on any atom is 0.205 e. The zero-order chi connectivity index (χ0) is 11.2. The Bertz CT molecular complexity index is 313. The van der Waals surface area contributed by atoms with E-state index in [2.05, 4.69) is 15.5 Å². The molecule has 0 atom stereocenters. The molecule has 5 nitrogen and oxygen atoms in total. The van der Waals surface area contributed by atoms with Crippen molar-refractivity contribution in [2.24, 2.45) is 5.92 Å². The van der Waals surface area contributed by atoms with Crippen LogP contribution in [0, 0.1) is 5.92 Å². The molecule has 2 heterocycles. The van der Waals surface area contributed by atoms with Crippen molar-refractivity contribution in [3.63, 3.8) is 0 Å². The lowest BCUT2D eigenvalue weighted by Crippen LogP contribution is -2.20. The minimum Gasteiger partial charge on any atom is -0.381 e. The highest BCUT2D eigenvalue weighted by Gasteiger charge is 2.14. The highest BCUT2D eigenvalue weighted by molar-refractivity contribution is 7.15. The van der Waals surface area contributed by atoms with Gasteiger partial charge in [-0.15, -0.1) is 10.2 Å². The van der Waals surface area contributed by atoms with Crippen molar-refractivity contribution in [1.29, 1.82) is 0 Å². The van der Waals surface area contributed by atoms with Crippen LogP contribution in [0.2, 0.25) is 0 Å². The first-order valence-corrected chi connectivity index (χ1v) is 6.35. The van der Waals surface area contributed by atoms with E-state index in [0.717, 1.165) is 42.8 Å². The van der Waals surface area contributed by atoms with Gasteiger partial charge in [-0.3, -0.25) is 0 Å². The summed E-state index contributed by atoms with van der Waals surface area (Å²) in [7, 11) is 1.84. The summed E-state index contributed by atoms with van der Waals surface area (Å²) < 4.78 is 10.9. The van der Waals surface area contributed by atoms with Crippen LogP contribution in [0.25, 0.3) is 0 Å². The van der Waals surface area contributed by atoms with E-state index < -0.39 is 0 Å². The molecule has 0 spiro atoms. The van der Waals surface area contributed by atoms with Gasteiger partial charge in [-0.25, -0.2) is 0 Å². The minimum absolute atomic E-state index is 0.566. The molecule has 6 heteroatoms. The summed E-state index contributed by atoms with van der Waals surface area (Å²) in [5.74, 6) is 0.644. The molecule has 0 saturated carbocycles. The van der Waals surface area contributed by atoms with Crippen molar-refractivity contribution < 1.29 is 9.47 Å². The van der Waals surface area contributed by atoms with Crippen molar-refractivity contribution in [3.05, 3.63) is 5.01 Å². The Balaban J connectivity index is 1.66. The second-order valence-corrected chi connectivity index (χ2v) is 4.88. The summed E-state index contributed by atoms with van der Waals surface area (Å²) in [4.78, 5) is 0. The van der Waals surface area contributed by atoms with Gasteiger partial charge in [-0.2, -0.15) is 0 Å². The molecule has 1 aliphatic heterocycles. The summed E-state index contributed by atoms with van der Waals surface area (Å²) >= 11 is 1.54. The Morgan fingerprint density at radius 3 is 2.94 bits per heavy atom. The number of ether oxygens (including phenoxy) is 2. The van der Waals surface area contributed by atoms with Gasteiger partial charge in [-0.05, 0) is 18.8 Å². The number of hydrogen-bond donors (Lipinski definition) is 1. The summed E-state index contributed by atoms with van der Waals surface area (Å²) in [6, 6.07) is 0. The van der Waals surface area contributed by atoms with Gasteiger partial charge in [0.1, 0.15) is 11.6 Å². The molecule has 0 unspecified atom stereocenters. The van der Waals surface area contributed by atoms with Gasteiger partial charge >= 0.3 is 0 Å². The molecule has 0 aromatic carbocycles. The van der Waals surface area contributed by atoms with E-state index in [1.54, 1.807) is 0 Å². The van der Waals surface area contributed by atoms with E-state index in [4.69, 9.17) is 9.47 Å². The molecule has 1 aromatic heterocycles. The number of nitrogens with one attached hydrogen (secondary N) is 1. The molecule has 1 fully saturated rings. The fourth-order valence-electron chi connectivity index (χ4n) is 1.64. The molecule has 0 radical (unpaired) electrons. The Hall–Kier alpha value is -0.720. The normalized spacial score (nSPS) is 17.6. The van der Waals surface area contributed by atoms with Crippen LogP contribution < -0.4 is 5.32 Å². The smallest absolute Gasteiger partial charge is 0.205 e. The molecule has 0 bridgehead atoms. The number of rotatable bonds is 5. The van der Waals surface area contributed by atoms with Gasteiger partial charge in [0, 0.05) is 20.3 Å². The number of hydrogen-bond acceptors (Lipinski definition) is 6. The van der Waals surface area contributed by atoms with Crippen LogP contribution in [-0.4, -0.2) is 37.1 Å². The van der Waals surface area contributed by atoms with Crippen LogP contribution in [0.15, 0.2) is 0 Å². The third-order valence-electron chi connectivity index (χ3n) is 2.60. The van der Waals surface area contributed by atoms with Gasteiger partial charge in [0.2, 0.25) is 5.13 Å². The quantitative estimate of drug-likeness (QED) is 0.849. The van der Waals surface area contributed by atoms with Crippen molar-refractivity contribution in [3.8, 4) is 0 Å². The second-order valence-electron chi connectivity index (χ2n) is 3.82. The SMILES string of the molecule is CNc1nnc(COCC2CCOCC2)s1. The van der Waals surface area contributed by atoms with E-state index in [1.807, 2.05) is 7.05 Å². The highest BCUT2D eigenvalue weighted by atomic mass is 32.1. The molecule has 0 aliphatic carbocycles. The van der Waals surface area contributed by atoms with Crippen LogP contribution in [-0.2, 0) is 16.1 Å². The van der Waals surface area contributed by atoms with Crippen LogP contribution in [0.5, 0.6) is 0 Å². The van der Waals surface area contributed by atoms with E-state index in [1.165, 1.54) is 11.3 Å². The maximum atomic E-state index is 5.64. The van der Waals surface area contributed by atoms with Crippen LogP contribution in [0.1, 0.15) is 17.8 Å². The molecule has 1 N–H and O–H groups in total. The molecule has 2 rings (SSSR count). The zero-order valence-electron chi connectivity index (χ0n) is 9.44. The van der Waals surface area contributed by atoms with Crippen molar-refractivity contribution in [2.75, 3.05) is 32.2 Å². The maximum absolute atomic E-state index is 5.64. The zero-order valence-corrected chi connectivity index (χ0v) is 10.3.